The minimum atomic E-state index is -0.896. The number of aliphatic hydroxyl groups is 1. The van der Waals surface area contributed by atoms with Gasteiger partial charge in [0, 0.05) is 24.7 Å². The molecular weight excluding hydrogens is 394 g/mol. The van der Waals surface area contributed by atoms with Gasteiger partial charge in [0.2, 0.25) is 0 Å². The first-order valence-corrected chi connectivity index (χ1v) is 10.2. The van der Waals surface area contributed by atoms with Crippen molar-refractivity contribution < 1.29 is 14.7 Å². The average molecular weight is 424 g/mol. The highest BCUT2D eigenvalue weighted by Gasteiger charge is 2.34. The standard InChI is InChI=1S/C23H29N5O3/c1-22(2,31)14-28-15-23(3,13-25-28)27-20(29)17-11-18(10-16-8-6-5-7-9-16)26-19(12-17)21(30)24-4/h5-9,11-13,31H,10,14-15H2,1-4H3,(H,24,30)(H,27,29). The summed E-state index contributed by atoms with van der Waals surface area (Å²) in [5, 5.41) is 21.6. The van der Waals surface area contributed by atoms with Crippen molar-refractivity contribution in [3.8, 4) is 0 Å². The minimum Gasteiger partial charge on any atom is -0.389 e. The van der Waals surface area contributed by atoms with Gasteiger partial charge in [0.05, 0.1) is 30.4 Å². The van der Waals surface area contributed by atoms with Crippen molar-refractivity contribution in [2.24, 2.45) is 5.10 Å². The van der Waals surface area contributed by atoms with Gasteiger partial charge >= 0.3 is 0 Å². The van der Waals surface area contributed by atoms with Crippen molar-refractivity contribution >= 4 is 18.0 Å². The second-order valence-corrected chi connectivity index (χ2v) is 8.73. The molecule has 1 aromatic carbocycles. The second kappa shape index (κ2) is 8.85. The summed E-state index contributed by atoms with van der Waals surface area (Å²) in [5.74, 6) is -0.671. The van der Waals surface area contributed by atoms with Gasteiger partial charge in [-0.1, -0.05) is 30.3 Å². The lowest BCUT2D eigenvalue weighted by molar-refractivity contribution is 0.0372. The van der Waals surface area contributed by atoms with Crippen LogP contribution in [0.3, 0.4) is 0 Å². The Bertz CT molecular complexity index is 984. The van der Waals surface area contributed by atoms with Crippen molar-refractivity contribution in [3.63, 3.8) is 0 Å². The maximum Gasteiger partial charge on any atom is 0.269 e. The number of amides is 2. The van der Waals surface area contributed by atoms with Crippen molar-refractivity contribution in [1.82, 2.24) is 20.6 Å². The van der Waals surface area contributed by atoms with E-state index in [9.17, 15) is 14.7 Å². The molecular formula is C23H29N5O3. The van der Waals surface area contributed by atoms with E-state index in [1.807, 2.05) is 37.3 Å². The number of nitrogens with zero attached hydrogens (tertiary/aromatic N) is 3. The third-order valence-electron chi connectivity index (χ3n) is 4.81. The quantitative estimate of drug-likeness (QED) is 0.627. The fraction of sp³-hybridized carbons (Fsp3) is 0.391. The molecule has 0 saturated heterocycles. The number of β-amino-alcohol motifs (C(OH)–C–C–N with tert-alkyl or cyclic N) is 1. The molecule has 1 aromatic heterocycles. The molecule has 164 valence electrons. The number of hydrazone groups is 1. The van der Waals surface area contributed by atoms with E-state index in [0.717, 1.165) is 5.56 Å². The Morgan fingerprint density at radius 1 is 1.19 bits per heavy atom. The summed E-state index contributed by atoms with van der Waals surface area (Å²) < 4.78 is 0. The van der Waals surface area contributed by atoms with Crippen LogP contribution >= 0.6 is 0 Å². The van der Waals surface area contributed by atoms with Gasteiger partial charge < -0.3 is 15.7 Å². The largest absolute Gasteiger partial charge is 0.389 e. The molecule has 0 fully saturated rings. The summed E-state index contributed by atoms with van der Waals surface area (Å²) >= 11 is 0. The average Bonchev–Trinajstić information content (AvgIpc) is 3.06. The third-order valence-corrected chi connectivity index (χ3v) is 4.81. The summed E-state index contributed by atoms with van der Waals surface area (Å²) in [6.07, 6.45) is 2.17. The number of rotatable bonds is 7. The van der Waals surface area contributed by atoms with Crippen molar-refractivity contribution in [2.75, 3.05) is 20.1 Å². The number of nitrogens with one attached hydrogen (secondary N) is 2. The molecule has 1 aliphatic rings. The molecule has 3 rings (SSSR count). The van der Waals surface area contributed by atoms with E-state index in [-0.39, 0.29) is 17.5 Å². The topological polar surface area (TPSA) is 107 Å². The summed E-state index contributed by atoms with van der Waals surface area (Å²) in [7, 11) is 1.53. The van der Waals surface area contributed by atoms with E-state index in [1.165, 1.54) is 13.1 Å². The van der Waals surface area contributed by atoms with Crippen LogP contribution in [0.25, 0.3) is 0 Å². The van der Waals surface area contributed by atoms with Crippen LogP contribution in [0.4, 0.5) is 0 Å². The number of hydrogen-bond acceptors (Lipinski definition) is 6. The van der Waals surface area contributed by atoms with Crippen LogP contribution in [-0.4, -0.2) is 64.4 Å². The molecule has 2 aromatic rings. The fourth-order valence-corrected chi connectivity index (χ4v) is 3.48. The zero-order valence-electron chi connectivity index (χ0n) is 18.3. The predicted octanol–water partition coefficient (Wildman–Crippen LogP) is 1.59. The Morgan fingerprint density at radius 3 is 2.55 bits per heavy atom. The van der Waals surface area contributed by atoms with Gasteiger partial charge in [-0.3, -0.25) is 14.6 Å². The first-order valence-electron chi connectivity index (χ1n) is 10.2. The molecule has 3 N–H and O–H groups in total. The van der Waals surface area contributed by atoms with Gasteiger partial charge in [-0.2, -0.15) is 5.10 Å². The lowest BCUT2D eigenvalue weighted by Gasteiger charge is -2.28. The van der Waals surface area contributed by atoms with E-state index in [0.29, 0.717) is 30.8 Å². The van der Waals surface area contributed by atoms with Crippen molar-refractivity contribution in [2.45, 2.75) is 38.3 Å². The Labute approximate surface area is 182 Å². The van der Waals surface area contributed by atoms with E-state index >= 15 is 0 Å². The fourth-order valence-electron chi connectivity index (χ4n) is 3.48. The molecule has 8 heteroatoms. The van der Waals surface area contributed by atoms with Crippen LogP contribution in [0.15, 0.2) is 47.6 Å². The first kappa shape index (κ1) is 22.4. The molecule has 8 nitrogen and oxygen atoms in total. The Balaban J connectivity index is 1.80. The minimum absolute atomic E-state index is 0.190. The number of benzene rings is 1. The molecule has 1 aliphatic heterocycles. The van der Waals surface area contributed by atoms with E-state index in [2.05, 4.69) is 20.7 Å². The zero-order valence-corrected chi connectivity index (χ0v) is 18.3. The lowest BCUT2D eigenvalue weighted by Crippen LogP contribution is -2.51. The molecule has 1 unspecified atom stereocenters. The van der Waals surface area contributed by atoms with Crippen molar-refractivity contribution in [3.05, 3.63) is 65.0 Å². The second-order valence-electron chi connectivity index (χ2n) is 8.73. The molecule has 31 heavy (non-hydrogen) atoms. The molecule has 0 bridgehead atoms. The monoisotopic (exact) mass is 423 g/mol. The maximum atomic E-state index is 13.1. The number of hydrogen-bond donors (Lipinski definition) is 3. The highest BCUT2D eigenvalue weighted by Crippen LogP contribution is 2.18. The zero-order chi connectivity index (χ0) is 22.6. The predicted molar refractivity (Wildman–Crippen MR) is 119 cm³/mol. The van der Waals surface area contributed by atoms with Crippen LogP contribution in [0, 0.1) is 0 Å². The van der Waals surface area contributed by atoms with E-state index in [1.54, 1.807) is 31.1 Å². The van der Waals surface area contributed by atoms with E-state index < -0.39 is 11.1 Å². The maximum absolute atomic E-state index is 13.1. The van der Waals surface area contributed by atoms with Gasteiger partial charge in [0.15, 0.2) is 0 Å². The summed E-state index contributed by atoms with van der Waals surface area (Å²) in [4.78, 5) is 29.7. The third kappa shape index (κ3) is 6.11. The van der Waals surface area contributed by atoms with Gasteiger partial charge in [0.25, 0.3) is 11.8 Å². The number of pyridine rings is 1. The van der Waals surface area contributed by atoms with Gasteiger partial charge in [-0.25, -0.2) is 4.98 Å². The van der Waals surface area contributed by atoms with Gasteiger partial charge in [-0.05, 0) is 38.5 Å². The van der Waals surface area contributed by atoms with Crippen LogP contribution in [0.1, 0.15) is 52.9 Å². The summed E-state index contributed by atoms with van der Waals surface area (Å²) in [6.45, 7) is 6.08. The van der Waals surface area contributed by atoms with Crippen LogP contribution < -0.4 is 10.6 Å². The highest BCUT2D eigenvalue weighted by atomic mass is 16.3. The van der Waals surface area contributed by atoms with Crippen LogP contribution in [0.2, 0.25) is 0 Å². The molecule has 0 spiro atoms. The smallest absolute Gasteiger partial charge is 0.269 e. The number of carbonyl (C=O) groups excluding carboxylic acids is 2. The molecule has 0 saturated carbocycles. The Hall–Kier alpha value is -3.26. The molecule has 2 amide bonds. The molecule has 0 aliphatic carbocycles. The Kier molecular flexibility index (Phi) is 6.40. The highest BCUT2D eigenvalue weighted by molar-refractivity contribution is 6.00. The number of aromatic nitrogens is 1. The van der Waals surface area contributed by atoms with Crippen LogP contribution in [-0.2, 0) is 6.42 Å². The molecule has 1 atom stereocenters. The summed E-state index contributed by atoms with van der Waals surface area (Å²) in [5.41, 5.74) is 0.620. The molecule has 0 radical (unpaired) electrons. The molecule has 2 heterocycles. The SMILES string of the molecule is CNC(=O)c1cc(C(=O)NC2(C)C=NN(CC(C)(C)O)C2)cc(Cc2ccccc2)n1. The van der Waals surface area contributed by atoms with Crippen molar-refractivity contribution in [1.29, 1.82) is 0 Å². The first-order chi connectivity index (χ1) is 14.6. The van der Waals surface area contributed by atoms with Crippen LogP contribution in [0.5, 0.6) is 0 Å². The lowest BCUT2D eigenvalue weighted by atomic mass is 10.0. The van der Waals surface area contributed by atoms with E-state index in [4.69, 9.17) is 0 Å². The van der Waals surface area contributed by atoms with Gasteiger partial charge in [0.1, 0.15) is 5.69 Å². The summed E-state index contributed by atoms with van der Waals surface area (Å²) in [6, 6.07) is 13.0. The normalized spacial score (nSPS) is 18.2. The Morgan fingerprint density at radius 2 is 1.90 bits per heavy atom. The number of carbonyl (C=O) groups is 2. The van der Waals surface area contributed by atoms with Gasteiger partial charge in [-0.15, -0.1) is 0 Å².